The number of nitrogens with zero attached hydrogens (tertiary/aromatic N) is 3. The Bertz CT molecular complexity index is 1120. The second kappa shape index (κ2) is 9.26. The molecule has 7 heteroatoms. The van der Waals surface area contributed by atoms with Crippen LogP contribution in [0.2, 0.25) is 0 Å². The SMILES string of the molecule is CC(C)(C)OC(=O)N1CCN(CC(C)(C)C(C)(C)CN2C(=O)c3cccc4c3C(C)(CC=C4)C2=O)CC1. The molecule has 37 heavy (non-hydrogen) atoms. The molecule has 0 aromatic heterocycles. The monoisotopic (exact) mass is 509 g/mol. The fourth-order valence-electron chi connectivity index (χ4n) is 5.70. The maximum Gasteiger partial charge on any atom is 0.410 e. The number of benzene rings is 1. The number of imide groups is 1. The molecule has 1 unspecified atom stereocenters. The third kappa shape index (κ3) is 5.07. The highest BCUT2D eigenvalue weighted by Gasteiger charge is 2.51. The first-order valence-corrected chi connectivity index (χ1v) is 13.4. The standard InChI is InChI=1S/C30H43N3O4/c1-27(2,3)37-26(36)32-17-15-31(16-18-32)19-28(4,5)29(6,7)20-33-24(34)22-13-9-11-21-12-10-14-30(8,23(21)22)25(33)35/h9-13H,14-20H2,1-8H3. The molecule has 202 valence electrons. The summed E-state index contributed by atoms with van der Waals surface area (Å²) in [5, 5.41) is 0. The normalized spacial score (nSPS) is 22.8. The van der Waals surface area contributed by atoms with Crippen molar-refractivity contribution in [3.63, 3.8) is 0 Å². The molecule has 4 rings (SSSR count). The minimum atomic E-state index is -0.715. The number of piperazine rings is 1. The van der Waals surface area contributed by atoms with Gasteiger partial charge in [0.05, 0.1) is 5.41 Å². The molecule has 0 N–H and O–H groups in total. The van der Waals surface area contributed by atoms with Crippen LogP contribution in [-0.4, -0.2) is 77.5 Å². The minimum absolute atomic E-state index is 0.100. The summed E-state index contributed by atoms with van der Waals surface area (Å²) in [6.45, 7) is 20.3. The topological polar surface area (TPSA) is 70.2 Å². The van der Waals surface area contributed by atoms with E-state index in [0.29, 0.717) is 31.6 Å². The van der Waals surface area contributed by atoms with Gasteiger partial charge >= 0.3 is 6.09 Å². The van der Waals surface area contributed by atoms with Gasteiger partial charge in [-0.25, -0.2) is 4.79 Å². The van der Waals surface area contributed by atoms with Crippen LogP contribution in [0.25, 0.3) is 6.08 Å². The molecular weight excluding hydrogens is 466 g/mol. The molecule has 0 radical (unpaired) electrons. The van der Waals surface area contributed by atoms with Crippen LogP contribution in [-0.2, 0) is 14.9 Å². The molecule has 0 saturated carbocycles. The lowest BCUT2D eigenvalue weighted by molar-refractivity contribution is -0.137. The molecule has 1 saturated heterocycles. The highest BCUT2D eigenvalue weighted by molar-refractivity contribution is 6.14. The highest BCUT2D eigenvalue weighted by Crippen LogP contribution is 2.46. The fourth-order valence-corrected chi connectivity index (χ4v) is 5.70. The van der Waals surface area contributed by atoms with Gasteiger partial charge in [-0.2, -0.15) is 0 Å². The molecule has 1 fully saturated rings. The lowest BCUT2D eigenvalue weighted by atomic mass is 9.65. The van der Waals surface area contributed by atoms with E-state index in [1.54, 1.807) is 4.90 Å². The largest absolute Gasteiger partial charge is 0.444 e. The van der Waals surface area contributed by atoms with E-state index in [-0.39, 0.29) is 28.7 Å². The molecule has 1 atom stereocenters. The van der Waals surface area contributed by atoms with Gasteiger partial charge < -0.3 is 9.64 Å². The van der Waals surface area contributed by atoms with Crippen molar-refractivity contribution >= 4 is 24.0 Å². The molecule has 1 aliphatic carbocycles. The Kier molecular flexibility index (Phi) is 6.85. The van der Waals surface area contributed by atoms with E-state index >= 15 is 0 Å². The summed E-state index contributed by atoms with van der Waals surface area (Å²) in [5.74, 6) is -0.291. The Labute approximate surface area is 221 Å². The Balaban J connectivity index is 1.46. The number of allylic oxidation sites excluding steroid dienone is 1. The second-order valence-corrected chi connectivity index (χ2v) is 13.4. The molecule has 0 bridgehead atoms. The molecule has 0 spiro atoms. The average Bonchev–Trinajstić information content (AvgIpc) is 2.79. The van der Waals surface area contributed by atoms with Gasteiger partial charge in [-0.15, -0.1) is 0 Å². The third-order valence-corrected chi connectivity index (χ3v) is 8.69. The number of ether oxygens (including phenoxy) is 1. The summed E-state index contributed by atoms with van der Waals surface area (Å²) >= 11 is 0. The number of hydrogen-bond donors (Lipinski definition) is 0. The van der Waals surface area contributed by atoms with Crippen molar-refractivity contribution in [3.8, 4) is 0 Å². The van der Waals surface area contributed by atoms with Crippen LogP contribution in [0, 0.1) is 10.8 Å². The van der Waals surface area contributed by atoms with E-state index in [1.165, 1.54) is 4.90 Å². The van der Waals surface area contributed by atoms with E-state index in [2.05, 4.69) is 32.6 Å². The van der Waals surface area contributed by atoms with Crippen LogP contribution in [0.15, 0.2) is 24.3 Å². The van der Waals surface area contributed by atoms with Crippen molar-refractivity contribution in [3.05, 3.63) is 41.0 Å². The van der Waals surface area contributed by atoms with Gasteiger partial charge in [0.1, 0.15) is 5.60 Å². The van der Waals surface area contributed by atoms with E-state index in [4.69, 9.17) is 4.74 Å². The Morgan fingerprint density at radius 3 is 2.19 bits per heavy atom. The smallest absolute Gasteiger partial charge is 0.410 e. The number of amides is 3. The fraction of sp³-hybridized carbons (Fsp3) is 0.633. The van der Waals surface area contributed by atoms with E-state index in [9.17, 15) is 14.4 Å². The maximum atomic E-state index is 13.8. The quantitative estimate of drug-likeness (QED) is 0.526. The Morgan fingerprint density at radius 2 is 1.57 bits per heavy atom. The molecule has 1 aromatic carbocycles. The first-order valence-electron chi connectivity index (χ1n) is 13.4. The average molecular weight is 510 g/mol. The lowest BCUT2D eigenvalue weighted by Gasteiger charge is -2.50. The first-order chi connectivity index (χ1) is 17.1. The molecular formula is C30H43N3O4. The Morgan fingerprint density at radius 1 is 0.946 bits per heavy atom. The summed E-state index contributed by atoms with van der Waals surface area (Å²) in [6, 6.07) is 5.75. The zero-order valence-electron chi connectivity index (χ0n) is 23.8. The number of carbonyl (C=O) groups is 3. The van der Waals surface area contributed by atoms with Gasteiger partial charge in [-0.3, -0.25) is 19.4 Å². The third-order valence-electron chi connectivity index (χ3n) is 8.69. The number of hydrogen-bond acceptors (Lipinski definition) is 5. The first kappa shape index (κ1) is 27.4. The summed E-state index contributed by atoms with van der Waals surface area (Å²) in [7, 11) is 0. The maximum absolute atomic E-state index is 13.8. The van der Waals surface area contributed by atoms with Gasteiger partial charge in [0.2, 0.25) is 5.91 Å². The highest BCUT2D eigenvalue weighted by atomic mass is 16.6. The summed E-state index contributed by atoms with van der Waals surface area (Å²) in [6.07, 6.45) is 4.41. The van der Waals surface area contributed by atoms with E-state index in [1.807, 2.05) is 58.0 Å². The van der Waals surface area contributed by atoms with Crippen molar-refractivity contribution in [2.24, 2.45) is 10.8 Å². The van der Waals surface area contributed by atoms with Crippen molar-refractivity contribution in [2.45, 2.75) is 72.8 Å². The molecule has 2 aliphatic heterocycles. The van der Waals surface area contributed by atoms with Crippen LogP contribution in [0.4, 0.5) is 4.79 Å². The van der Waals surface area contributed by atoms with Crippen LogP contribution in [0.1, 0.15) is 83.3 Å². The van der Waals surface area contributed by atoms with Crippen molar-refractivity contribution in [2.75, 3.05) is 39.3 Å². The predicted molar refractivity (Wildman–Crippen MR) is 145 cm³/mol. The van der Waals surface area contributed by atoms with Crippen molar-refractivity contribution in [1.82, 2.24) is 14.7 Å². The van der Waals surface area contributed by atoms with Crippen LogP contribution in [0.3, 0.4) is 0 Å². The molecule has 3 aliphatic rings. The lowest BCUT2D eigenvalue weighted by Crippen LogP contribution is -2.59. The van der Waals surface area contributed by atoms with Gasteiger partial charge in [-0.05, 0) is 62.1 Å². The molecule has 2 heterocycles. The Hall–Kier alpha value is -2.67. The number of rotatable bonds is 5. The molecule has 3 amide bonds. The van der Waals surface area contributed by atoms with Gasteiger partial charge in [0.25, 0.3) is 5.91 Å². The van der Waals surface area contributed by atoms with E-state index < -0.39 is 11.0 Å². The summed E-state index contributed by atoms with van der Waals surface area (Å²) in [5.41, 5.74) is 0.745. The van der Waals surface area contributed by atoms with Crippen LogP contribution < -0.4 is 0 Å². The van der Waals surface area contributed by atoms with Crippen molar-refractivity contribution in [1.29, 1.82) is 0 Å². The predicted octanol–water partition coefficient (Wildman–Crippen LogP) is 4.95. The van der Waals surface area contributed by atoms with Crippen LogP contribution in [0.5, 0.6) is 0 Å². The van der Waals surface area contributed by atoms with E-state index in [0.717, 1.165) is 30.8 Å². The zero-order chi connectivity index (χ0) is 27.4. The van der Waals surface area contributed by atoms with Gasteiger partial charge in [0, 0.05) is 44.8 Å². The second-order valence-electron chi connectivity index (χ2n) is 13.4. The van der Waals surface area contributed by atoms with Crippen LogP contribution >= 0.6 is 0 Å². The van der Waals surface area contributed by atoms with Gasteiger partial charge in [0.15, 0.2) is 0 Å². The van der Waals surface area contributed by atoms with Gasteiger partial charge in [-0.1, -0.05) is 52.0 Å². The zero-order valence-corrected chi connectivity index (χ0v) is 23.8. The number of carbonyl (C=O) groups excluding carboxylic acids is 3. The van der Waals surface area contributed by atoms with Crippen molar-refractivity contribution < 1.29 is 19.1 Å². The summed E-state index contributed by atoms with van der Waals surface area (Å²) in [4.78, 5) is 45.6. The summed E-state index contributed by atoms with van der Waals surface area (Å²) < 4.78 is 5.53. The molecule has 7 nitrogen and oxygen atoms in total. The minimum Gasteiger partial charge on any atom is -0.444 e. The molecule has 1 aromatic rings.